The molecule has 0 saturated carbocycles. The van der Waals surface area contributed by atoms with Gasteiger partial charge in [-0.3, -0.25) is 0 Å². The Kier molecular flexibility index (Phi) is 8.42. The molecule has 0 unspecified atom stereocenters. The summed E-state index contributed by atoms with van der Waals surface area (Å²) < 4.78 is 42.8. The number of hydrogen-bond acceptors (Lipinski definition) is 6. The number of amides is 2. The number of rotatable bonds is 10. The number of benzene rings is 1. The summed E-state index contributed by atoms with van der Waals surface area (Å²) in [7, 11) is -1.23. The molecule has 2 amide bonds. The van der Waals surface area contributed by atoms with E-state index in [9.17, 15) is 13.6 Å². The van der Waals surface area contributed by atoms with Crippen LogP contribution < -0.4 is 15.4 Å². The first kappa shape index (κ1) is 27.0. The van der Waals surface area contributed by atoms with E-state index in [1.54, 1.807) is 22.3 Å². The Balaban J connectivity index is 1.47. The highest BCUT2D eigenvalue weighted by atomic mass is 35.5. The van der Waals surface area contributed by atoms with Crippen LogP contribution in [0.25, 0.3) is 11.0 Å². The largest absolute Gasteiger partial charge is 0.450 e. The summed E-state index contributed by atoms with van der Waals surface area (Å²) in [6.45, 7) is 7.84. The van der Waals surface area contributed by atoms with Crippen molar-refractivity contribution in [3.63, 3.8) is 0 Å². The summed E-state index contributed by atoms with van der Waals surface area (Å²) in [5.41, 5.74) is 0.394. The van der Waals surface area contributed by atoms with Gasteiger partial charge in [-0.05, 0) is 12.1 Å². The zero-order valence-electron chi connectivity index (χ0n) is 20.5. The molecule has 0 aliphatic heterocycles. The van der Waals surface area contributed by atoms with Crippen LogP contribution in [0.4, 0.5) is 19.3 Å². The molecule has 0 saturated heterocycles. The number of ether oxygens (including phenoxy) is 2. The number of halogens is 3. The summed E-state index contributed by atoms with van der Waals surface area (Å²) >= 11 is 7.80. The second kappa shape index (κ2) is 11.5. The van der Waals surface area contributed by atoms with Gasteiger partial charge in [0.25, 0.3) is 0 Å². The number of pyridine rings is 1. The number of thiazole rings is 1. The lowest BCUT2D eigenvalue weighted by Crippen LogP contribution is -2.28. The highest BCUT2D eigenvalue weighted by Crippen LogP contribution is 2.37. The highest BCUT2D eigenvalue weighted by molar-refractivity contribution is 7.09. The van der Waals surface area contributed by atoms with E-state index >= 15 is 0 Å². The van der Waals surface area contributed by atoms with Crippen molar-refractivity contribution in [1.29, 1.82) is 0 Å². The monoisotopic (exact) mass is 565 g/mol. The lowest BCUT2D eigenvalue weighted by molar-refractivity contribution is 0.0899. The Labute approximate surface area is 222 Å². The molecule has 3 heterocycles. The van der Waals surface area contributed by atoms with E-state index in [1.165, 1.54) is 23.6 Å². The van der Waals surface area contributed by atoms with Crippen molar-refractivity contribution in [3.8, 4) is 11.5 Å². The van der Waals surface area contributed by atoms with E-state index in [0.29, 0.717) is 27.7 Å². The molecule has 4 aromatic rings. The predicted molar refractivity (Wildman–Crippen MR) is 143 cm³/mol. The minimum absolute atomic E-state index is 0.0708. The fourth-order valence-electron chi connectivity index (χ4n) is 3.37. The molecular formula is C24H26ClF2N5O3SSi. The third-order valence-electron chi connectivity index (χ3n) is 5.25. The third-order valence-corrected chi connectivity index (χ3v) is 8.02. The van der Waals surface area contributed by atoms with Crippen molar-refractivity contribution in [2.24, 2.45) is 0 Å². The molecule has 1 aromatic carbocycles. The molecule has 2 N–H and O–H groups in total. The van der Waals surface area contributed by atoms with Crippen molar-refractivity contribution < 1.29 is 23.0 Å². The molecule has 0 atom stereocenters. The molecule has 0 bridgehead atoms. The van der Waals surface area contributed by atoms with Gasteiger partial charge in [0.15, 0.2) is 17.4 Å². The number of anilines is 1. The second-order valence-corrected chi connectivity index (χ2v) is 16.4. The van der Waals surface area contributed by atoms with E-state index in [4.69, 9.17) is 21.1 Å². The van der Waals surface area contributed by atoms with Gasteiger partial charge < -0.3 is 24.7 Å². The maximum absolute atomic E-state index is 14.8. The summed E-state index contributed by atoms with van der Waals surface area (Å²) in [6, 6.07) is 3.80. The number of urea groups is 1. The van der Waals surface area contributed by atoms with Crippen molar-refractivity contribution in [2.75, 3.05) is 11.9 Å². The quantitative estimate of drug-likeness (QED) is 0.162. The maximum Gasteiger partial charge on any atom is 0.319 e. The van der Waals surface area contributed by atoms with Gasteiger partial charge in [-0.1, -0.05) is 31.2 Å². The molecule has 13 heteroatoms. The number of carbonyl (C=O) groups excluding carboxylic acids is 1. The minimum atomic E-state index is -1.23. The molecule has 196 valence electrons. The van der Waals surface area contributed by atoms with E-state index in [0.717, 1.165) is 18.2 Å². The smallest absolute Gasteiger partial charge is 0.319 e. The van der Waals surface area contributed by atoms with Gasteiger partial charge in [-0.25, -0.2) is 23.5 Å². The number of hydrogen-bond donors (Lipinski definition) is 2. The van der Waals surface area contributed by atoms with Crippen molar-refractivity contribution >= 4 is 53.8 Å². The lowest BCUT2D eigenvalue weighted by Gasteiger charge is -2.15. The van der Waals surface area contributed by atoms with E-state index in [-0.39, 0.29) is 24.7 Å². The van der Waals surface area contributed by atoms with Crippen LogP contribution in [-0.2, 0) is 18.0 Å². The standard InChI is InChI=1S/C24H26ClF2N5O3SSi/c1-37(2,3)9-7-34-14-32-13-16(25)21-19(4-5-29-23(21)32)35-22-17(26)10-15(11-18(22)27)31-24(33)30-12-20-28-6-8-36-20/h4-6,8,10-11,13H,7,9,12,14H2,1-3H3,(H2,30,31,33). The third kappa shape index (κ3) is 7.04. The van der Waals surface area contributed by atoms with E-state index in [2.05, 4.69) is 40.2 Å². The van der Waals surface area contributed by atoms with Gasteiger partial charge in [0.1, 0.15) is 23.1 Å². The molecule has 0 aliphatic carbocycles. The molecule has 3 aromatic heterocycles. The number of nitrogens with one attached hydrogen (secondary N) is 2. The Morgan fingerprint density at radius 2 is 1.95 bits per heavy atom. The van der Waals surface area contributed by atoms with Gasteiger partial charge in [-0.15, -0.1) is 11.3 Å². The van der Waals surface area contributed by atoms with E-state index in [1.807, 2.05) is 0 Å². The van der Waals surface area contributed by atoms with Crippen LogP contribution in [0.2, 0.25) is 30.7 Å². The minimum Gasteiger partial charge on any atom is -0.450 e. The molecule has 0 fully saturated rings. The Morgan fingerprint density at radius 1 is 1.19 bits per heavy atom. The number of fused-ring (bicyclic) bond motifs is 1. The van der Waals surface area contributed by atoms with Gasteiger partial charge in [0.05, 0.1) is 17.0 Å². The maximum atomic E-state index is 14.8. The fraction of sp³-hybridized carbons (Fsp3) is 0.292. The topological polar surface area (TPSA) is 90.3 Å². The van der Waals surface area contributed by atoms with Crippen LogP contribution in [0.3, 0.4) is 0 Å². The Hall–Kier alpha value is -3.06. The number of carbonyl (C=O) groups is 1. The average Bonchev–Trinajstić information content (AvgIpc) is 3.45. The van der Waals surface area contributed by atoms with Crippen LogP contribution in [0.1, 0.15) is 5.01 Å². The second-order valence-electron chi connectivity index (χ2n) is 9.41. The molecule has 0 aliphatic rings. The highest BCUT2D eigenvalue weighted by Gasteiger charge is 2.20. The first-order valence-electron chi connectivity index (χ1n) is 11.4. The van der Waals surface area contributed by atoms with Crippen LogP contribution >= 0.6 is 22.9 Å². The first-order valence-corrected chi connectivity index (χ1v) is 16.4. The predicted octanol–water partition coefficient (Wildman–Crippen LogP) is 6.85. The molecule has 4 rings (SSSR count). The van der Waals surface area contributed by atoms with Crippen molar-refractivity contribution in [3.05, 3.63) is 63.8 Å². The van der Waals surface area contributed by atoms with Gasteiger partial charge in [0, 0.05) is 56.5 Å². The summed E-state index contributed by atoms with van der Waals surface area (Å²) in [4.78, 5) is 20.5. The molecule has 0 spiro atoms. The Morgan fingerprint density at radius 3 is 2.62 bits per heavy atom. The first-order chi connectivity index (χ1) is 17.6. The molecular weight excluding hydrogens is 540 g/mol. The van der Waals surface area contributed by atoms with Crippen LogP contribution in [0.5, 0.6) is 11.5 Å². The molecule has 37 heavy (non-hydrogen) atoms. The number of aromatic nitrogens is 3. The van der Waals surface area contributed by atoms with Crippen molar-refractivity contribution in [1.82, 2.24) is 19.9 Å². The number of nitrogens with zero attached hydrogens (tertiary/aromatic N) is 3. The van der Waals surface area contributed by atoms with Crippen LogP contribution in [-0.4, -0.2) is 35.2 Å². The van der Waals surface area contributed by atoms with Gasteiger partial charge in [0.2, 0.25) is 0 Å². The molecule has 0 radical (unpaired) electrons. The van der Waals surface area contributed by atoms with Crippen LogP contribution in [0.15, 0.2) is 42.2 Å². The molecule has 8 nitrogen and oxygen atoms in total. The summed E-state index contributed by atoms with van der Waals surface area (Å²) in [5.74, 6) is -2.48. The average molecular weight is 566 g/mol. The lowest BCUT2D eigenvalue weighted by atomic mass is 10.2. The zero-order valence-corrected chi connectivity index (χ0v) is 23.1. The van der Waals surface area contributed by atoms with Gasteiger partial charge >= 0.3 is 6.03 Å². The summed E-state index contributed by atoms with van der Waals surface area (Å²) in [5, 5.41) is 8.16. The SMILES string of the molecule is C[Si](C)(C)CCOCn1cc(Cl)c2c(Oc3c(F)cc(NC(=O)NCc4nccs4)cc3F)ccnc21. The fourth-order valence-corrected chi connectivity index (χ4v) is 4.98. The van der Waals surface area contributed by atoms with Crippen LogP contribution in [0, 0.1) is 11.6 Å². The van der Waals surface area contributed by atoms with E-state index < -0.39 is 31.5 Å². The zero-order chi connectivity index (χ0) is 26.6. The Bertz CT molecular complexity index is 1370. The summed E-state index contributed by atoms with van der Waals surface area (Å²) in [6.07, 6.45) is 4.72. The van der Waals surface area contributed by atoms with Gasteiger partial charge in [-0.2, -0.15) is 0 Å². The van der Waals surface area contributed by atoms with Crippen molar-refractivity contribution in [2.45, 2.75) is 39.0 Å². The normalized spacial score (nSPS) is 11.6.